The van der Waals surface area contributed by atoms with Crippen LogP contribution in [0.5, 0.6) is 0 Å². The van der Waals surface area contributed by atoms with Gasteiger partial charge >= 0.3 is 5.97 Å². The zero-order valence-electron chi connectivity index (χ0n) is 11.0. The molecule has 0 saturated heterocycles. The average Bonchev–Trinajstić information content (AvgIpc) is 2.38. The van der Waals surface area contributed by atoms with Crippen LogP contribution in [-0.2, 0) is 20.4 Å². The third-order valence-electron chi connectivity index (χ3n) is 3.04. The highest BCUT2D eigenvalue weighted by molar-refractivity contribution is 7.90. The van der Waals surface area contributed by atoms with Crippen molar-refractivity contribution in [2.75, 3.05) is 5.75 Å². The maximum atomic E-state index is 12.1. The van der Waals surface area contributed by atoms with Crippen LogP contribution in [-0.4, -0.2) is 30.2 Å². The molecule has 0 aliphatic carbocycles. The molecule has 1 unspecified atom stereocenters. The molecular weight excluding hydrogens is 278 g/mol. The lowest BCUT2D eigenvalue weighted by Gasteiger charge is -2.09. The topological polar surface area (TPSA) is 84.3 Å². The van der Waals surface area contributed by atoms with Crippen LogP contribution in [0.2, 0.25) is 0 Å². The Morgan fingerprint density at radius 1 is 1.30 bits per heavy atom. The lowest BCUT2D eigenvalue weighted by molar-refractivity contribution is -0.140. The summed E-state index contributed by atoms with van der Waals surface area (Å²) in [5.41, 5.74) is 1.37. The van der Waals surface area contributed by atoms with Gasteiger partial charge in [-0.15, -0.1) is 0 Å². The summed E-state index contributed by atoms with van der Waals surface area (Å²) in [5, 5.41) is 9.59. The fourth-order valence-electron chi connectivity index (χ4n) is 2.03. The van der Waals surface area contributed by atoms with E-state index in [-0.39, 0.29) is 11.5 Å². The van der Waals surface area contributed by atoms with Crippen LogP contribution in [0.25, 0.3) is 10.9 Å². The van der Waals surface area contributed by atoms with Gasteiger partial charge in [0, 0.05) is 11.6 Å². The number of para-hydroxylation sites is 1. The van der Waals surface area contributed by atoms with Crippen molar-refractivity contribution in [3.8, 4) is 0 Å². The summed E-state index contributed by atoms with van der Waals surface area (Å²) in [6.45, 7) is 1.39. The normalized spacial score (nSPS) is 13.2. The van der Waals surface area contributed by atoms with E-state index in [4.69, 9.17) is 5.11 Å². The van der Waals surface area contributed by atoms with E-state index in [1.807, 2.05) is 24.3 Å². The Morgan fingerprint density at radius 2 is 2.00 bits per heavy atom. The second kappa shape index (κ2) is 5.58. The standard InChI is InChI=1S/C14H15NO4S/c1-10(14(16)17)8-20(18,19)9-11-6-7-15-13-5-3-2-4-12(11)13/h2-7,10H,8-9H2,1H3,(H,16,17). The van der Waals surface area contributed by atoms with E-state index < -0.39 is 21.7 Å². The number of aromatic nitrogens is 1. The Balaban J connectivity index is 2.30. The maximum absolute atomic E-state index is 12.1. The lowest BCUT2D eigenvalue weighted by Crippen LogP contribution is -2.22. The Kier molecular flexibility index (Phi) is 4.04. The number of rotatable bonds is 5. The average molecular weight is 293 g/mol. The molecule has 1 atom stereocenters. The maximum Gasteiger partial charge on any atom is 0.307 e. The van der Waals surface area contributed by atoms with Gasteiger partial charge in [0.25, 0.3) is 0 Å². The largest absolute Gasteiger partial charge is 0.481 e. The Hall–Kier alpha value is -1.95. The number of aliphatic carboxylic acids is 1. The van der Waals surface area contributed by atoms with Gasteiger partial charge in [0.15, 0.2) is 9.84 Å². The molecule has 5 nitrogen and oxygen atoms in total. The molecule has 0 saturated carbocycles. The van der Waals surface area contributed by atoms with Crippen molar-refractivity contribution in [1.82, 2.24) is 4.98 Å². The van der Waals surface area contributed by atoms with Crippen molar-refractivity contribution >= 4 is 26.7 Å². The summed E-state index contributed by atoms with van der Waals surface area (Å²) < 4.78 is 24.1. The molecule has 106 valence electrons. The second-order valence-electron chi connectivity index (χ2n) is 4.78. The minimum Gasteiger partial charge on any atom is -0.481 e. The highest BCUT2D eigenvalue weighted by Gasteiger charge is 2.22. The van der Waals surface area contributed by atoms with Gasteiger partial charge in [-0.2, -0.15) is 0 Å². The van der Waals surface area contributed by atoms with E-state index in [2.05, 4.69) is 4.98 Å². The van der Waals surface area contributed by atoms with Gasteiger partial charge in [0.2, 0.25) is 0 Å². The molecule has 0 fully saturated rings. The number of hydrogen-bond donors (Lipinski definition) is 1. The van der Waals surface area contributed by atoms with Gasteiger partial charge in [0.05, 0.1) is 22.9 Å². The van der Waals surface area contributed by atoms with Gasteiger partial charge in [-0.05, 0) is 17.7 Å². The van der Waals surface area contributed by atoms with Crippen molar-refractivity contribution < 1.29 is 18.3 Å². The van der Waals surface area contributed by atoms with Crippen molar-refractivity contribution in [2.24, 2.45) is 5.92 Å². The molecule has 2 aromatic rings. The zero-order chi connectivity index (χ0) is 14.8. The molecule has 1 N–H and O–H groups in total. The minimum atomic E-state index is -3.48. The van der Waals surface area contributed by atoms with Gasteiger partial charge in [0.1, 0.15) is 0 Å². The van der Waals surface area contributed by atoms with E-state index in [9.17, 15) is 13.2 Å². The highest BCUT2D eigenvalue weighted by atomic mass is 32.2. The quantitative estimate of drug-likeness (QED) is 0.909. The van der Waals surface area contributed by atoms with Crippen LogP contribution in [0.1, 0.15) is 12.5 Å². The molecule has 1 aromatic heterocycles. The smallest absolute Gasteiger partial charge is 0.307 e. The molecule has 1 aromatic carbocycles. The molecule has 1 heterocycles. The molecule has 6 heteroatoms. The summed E-state index contributed by atoms with van der Waals surface area (Å²) >= 11 is 0. The van der Waals surface area contributed by atoms with E-state index in [1.54, 1.807) is 12.3 Å². The van der Waals surface area contributed by atoms with Crippen molar-refractivity contribution in [1.29, 1.82) is 0 Å². The lowest BCUT2D eigenvalue weighted by atomic mass is 10.1. The summed E-state index contributed by atoms with van der Waals surface area (Å²) in [7, 11) is -3.48. The number of fused-ring (bicyclic) bond motifs is 1. The van der Waals surface area contributed by atoms with Crippen molar-refractivity contribution in [3.63, 3.8) is 0 Å². The Morgan fingerprint density at radius 3 is 2.70 bits per heavy atom. The summed E-state index contributed by atoms with van der Waals surface area (Å²) in [6.07, 6.45) is 1.56. The second-order valence-corrected chi connectivity index (χ2v) is 6.89. The fraction of sp³-hybridized carbons (Fsp3) is 0.286. The van der Waals surface area contributed by atoms with Crippen LogP contribution < -0.4 is 0 Å². The third-order valence-corrected chi connectivity index (χ3v) is 4.80. The fourth-order valence-corrected chi connectivity index (χ4v) is 3.78. The van der Waals surface area contributed by atoms with Gasteiger partial charge in [-0.1, -0.05) is 25.1 Å². The third kappa shape index (κ3) is 3.33. The van der Waals surface area contributed by atoms with Crippen LogP contribution in [0.15, 0.2) is 36.5 Å². The van der Waals surface area contributed by atoms with Crippen molar-refractivity contribution in [2.45, 2.75) is 12.7 Å². The summed E-state index contributed by atoms with van der Waals surface area (Å²) in [4.78, 5) is 14.9. The first-order valence-electron chi connectivity index (χ1n) is 6.15. The zero-order valence-corrected chi connectivity index (χ0v) is 11.8. The number of pyridine rings is 1. The number of benzene rings is 1. The molecule has 2 rings (SSSR count). The Labute approximate surface area is 117 Å². The minimum absolute atomic E-state index is 0.173. The van der Waals surface area contributed by atoms with Crippen LogP contribution in [0.3, 0.4) is 0 Å². The van der Waals surface area contributed by atoms with Crippen LogP contribution in [0, 0.1) is 5.92 Å². The number of carboxylic acids is 1. The molecular formula is C14H15NO4S. The SMILES string of the molecule is CC(CS(=O)(=O)Cc1ccnc2ccccc12)C(=O)O. The number of nitrogens with zero attached hydrogens (tertiary/aromatic N) is 1. The first-order chi connectivity index (χ1) is 9.39. The van der Waals surface area contributed by atoms with Gasteiger partial charge in [-0.3, -0.25) is 9.78 Å². The number of carboxylic acid groups (broad SMARTS) is 1. The van der Waals surface area contributed by atoms with Gasteiger partial charge in [-0.25, -0.2) is 8.42 Å². The van der Waals surface area contributed by atoms with E-state index in [0.717, 1.165) is 10.9 Å². The summed E-state index contributed by atoms with van der Waals surface area (Å²) in [6, 6.07) is 8.94. The number of sulfone groups is 1. The predicted octanol–water partition coefficient (Wildman–Crippen LogP) is 1.87. The van der Waals surface area contributed by atoms with Gasteiger partial charge < -0.3 is 5.11 Å². The van der Waals surface area contributed by atoms with E-state index in [1.165, 1.54) is 6.92 Å². The summed E-state index contributed by atoms with van der Waals surface area (Å²) in [5.74, 6) is -2.55. The predicted molar refractivity (Wildman–Crippen MR) is 76.0 cm³/mol. The van der Waals surface area contributed by atoms with E-state index in [0.29, 0.717) is 5.56 Å². The first-order valence-corrected chi connectivity index (χ1v) is 7.97. The van der Waals surface area contributed by atoms with E-state index >= 15 is 0 Å². The molecule has 0 aliphatic rings. The molecule has 0 aliphatic heterocycles. The molecule has 0 bridgehead atoms. The van der Waals surface area contributed by atoms with Crippen LogP contribution in [0.4, 0.5) is 0 Å². The molecule has 0 amide bonds. The first kappa shape index (κ1) is 14.5. The van der Waals surface area contributed by atoms with Crippen LogP contribution >= 0.6 is 0 Å². The highest BCUT2D eigenvalue weighted by Crippen LogP contribution is 2.19. The molecule has 20 heavy (non-hydrogen) atoms. The number of hydrogen-bond acceptors (Lipinski definition) is 4. The Bertz CT molecular complexity index is 734. The number of carbonyl (C=O) groups is 1. The monoisotopic (exact) mass is 293 g/mol. The van der Waals surface area contributed by atoms with Crippen molar-refractivity contribution in [3.05, 3.63) is 42.1 Å². The molecule has 0 radical (unpaired) electrons. The molecule has 0 spiro atoms.